The number of hydrogen-bond acceptors (Lipinski definition) is 4. The topological polar surface area (TPSA) is 21.8 Å². The number of hydrogen-bond donors (Lipinski definition) is 1. The third kappa shape index (κ3) is 2.03. The average molecular weight is 306 g/mol. The molecule has 4 atom stereocenters. The summed E-state index contributed by atoms with van der Waals surface area (Å²) in [5.74, 6) is 0. The van der Waals surface area contributed by atoms with E-state index in [0.29, 0.717) is 11.1 Å². The van der Waals surface area contributed by atoms with Crippen molar-refractivity contribution in [3.63, 3.8) is 0 Å². The van der Waals surface area contributed by atoms with Crippen molar-refractivity contribution in [2.75, 3.05) is 46.8 Å². The number of nitrogens with one attached hydrogen (secondary N) is 1. The monoisotopic (exact) mass is 306 g/mol. The molecule has 6 aliphatic heterocycles. The van der Waals surface area contributed by atoms with Gasteiger partial charge in [-0.25, -0.2) is 0 Å². The third-order valence-corrected chi connectivity index (χ3v) is 7.83. The van der Waals surface area contributed by atoms with E-state index in [0.717, 1.165) is 12.1 Å². The van der Waals surface area contributed by atoms with Crippen LogP contribution in [0.5, 0.6) is 0 Å². The van der Waals surface area contributed by atoms with Gasteiger partial charge in [0.2, 0.25) is 0 Å². The van der Waals surface area contributed by atoms with Crippen molar-refractivity contribution >= 4 is 0 Å². The van der Waals surface area contributed by atoms with Crippen LogP contribution in [-0.4, -0.2) is 84.7 Å². The number of rotatable bonds is 2. The SMILES string of the molecule is CCN1CCC2(C34CCC(CN3C)N(C)CC4)CCC1CN2. The summed E-state index contributed by atoms with van der Waals surface area (Å²) in [5.41, 5.74) is 0.751. The van der Waals surface area contributed by atoms with E-state index in [-0.39, 0.29) is 0 Å². The quantitative estimate of drug-likeness (QED) is 0.832. The van der Waals surface area contributed by atoms with Crippen LogP contribution in [0.2, 0.25) is 0 Å². The molecule has 4 nitrogen and oxygen atoms in total. The first-order valence-electron chi connectivity index (χ1n) is 9.51. The molecule has 126 valence electrons. The maximum absolute atomic E-state index is 4.12. The lowest BCUT2D eigenvalue weighted by Gasteiger charge is -2.58. The van der Waals surface area contributed by atoms with Gasteiger partial charge in [0.1, 0.15) is 0 Å². The predicted octanol–water partition coefficient (Wildman–Crippen LogP) is 1.37. The molecular formula is C18H34N4. The van der Waals surface area contributed by atoms with E-state index in [2.05, 4.69) is 41.0 Å². The average Bonchev–Trinajstić information content (AvgIpc) is 2.95. The molecule has 0 spiro atoms. The highest BCUT2D eigenvalue weighted by atomic mass is 15.3. The molecule has 22 heavy (non-hydrogen) atoms. The van der Waals surface area contributed by atoms with Gasteiger partial charge in [0, 0.05) is 49.3 Å². The molecule has 0 amide bonds. The summed E-state index contributed by atoms with van der Waals surface area (Å²) >= 11 is 0. The number of nitrogens with zero attached hydrogens (tertiary/aromatic N) is 3. The van der Waals surface area contributed by atoms with Gasteiger partial charge < -0.3 is 10.2 Å². The van der Waals surface area contributed by atoms with Crippen molar-refractivity contribution < 1.29 is 0 Å². The van der Waals surface area contributed by atoms with Crippen LogP contribution < -0.4 is 5.32 Å². The predicted molar refractivity (Wildman–Crippen MR) is 91.2 cm³/mol. The van der Waals surface area contributed by atoms with E-state index in [9.17, 15) is 0 Å². The lowest BCUT2D eigenvalue weighted by atomic mass is 9.64. The fourth-order valence-electron chi connectivity index (χ4n) is 6.25. The molecule has 4 bridgehead atoms. The first kappa shape index (κ1) is 15.4. The summed E-state index contributed by atoms with van der Waals surface area (Å²) < 4.78 is 0. The standard InChI is InChI=1S/C18H34N4/c1-4-22-12-9-17(7-5-15(22)13-19-17)18-8-6-16(14-21(18)3)20(2)11-10-18/h15-16,19H,4-14H2,1-3H3. The molecule has 1 N–H and O–H groups in total. The van der Waals surface area contributed by atoms with Crippen molar-refractivity contribution in [1.82, 2.24) is 20.0 Å². The smallest absolute Gasteiger partial charge is 0.0401 e. The van der Waals surface area contributed by atoms with E-state index < -0.39 is 0 Å². The number of piperidine rings is 2. The van der Waals surface area contributed by atoms with E-state index in [1.54, 1.807) is 0 Å². The second kappa shape index (κ2) is 5.44. The van der Waals surface area contributed by atoms with E-state index >= 15 is 0 Å². The van der Waals surface area contributed by atoms with Crippen LogP contribution in [0.15, 0.2) is 0 Å². The molecule has 0 aromatic heterocycles. The Morgan fingerprint density at radius 1 is 1.00 bits per heavy atom. The van der Waals surface area contributed by atoms with Crippen molar-refractivity contribution in [2.45, 2.75) is 68.6 Å². The Labute approximate surface area is 136 Å². The van der Waals surface area contributed by atoms with Crippen molar-refractivity contribution in [3.05, 3.63) is 0 Å². The second-order valence-corrected chi connectivity index (χ2v) is 8.37. The Bertz CT molecular complexity index is 417. The number of likely N-dealkylation sites (N-methyl/N-ethyl adjacent to an activating group) is 3. The van der Waals surface area contributed by atoms with Crippen LogP contribution in [0.25, 0.3) is 0 Å². The van der Waals surface area contributed by atoms with Gasteiger partial charge in [-0.15, -0.1) is 0 Å². The van der Waals surface area contributed by atoms with Gasteiger partial charge in [-0.2, -0.15) is 0 Å². The Kier molecular flexibility index (Phi) is 3.80. The maximum Gasteiger partial charge on any atom is 0.0401 e. The molecule has 0 radical (unpaired) electrons. The zero-order valence-electron chi connectivity index (χ0n) is 14.8. The molecule has 4 unspecified atom stereocenters. The summed E-state index contributed by atoms with van der Waals surface area (Å²) in [7, 11) is 4.75. The second-order valence-electron chi connectivity index (χ2n) is 8.37. The minimum Gasteiger partial charge on any atom is -0.308 e. The zero-order chi connectivity index (χ0) is 15.4. The lowest BCUT2D eigenvalue weighted by molar-refractivity contribution is -0.0327. The molecule has 0 aromatic rings. The molecule has 6 saturated heterocycles. The van der Waals surface area contributed by atoms with Crippen molar-refractivity contribution in [3.8, 4) is 0 Å². The Balaban J connectivity index is 1.67. The molecule has 0 aromatic carbocycles. The van der Waals surface area contributed by atoms with Crippen LogP contribution in [0, 0.1) is 0 Å². The van der Waals surface area contributed by atoms with Gasteiger partial charge in [0.25, 0.3) is 0 Å². The first-order valence-corrected chi connectivity index (χ1v) is 9.51. The van der Waals surface area contributed by atoms with Gasteiger partial charge in [0.15, 0.2) is 0 Å². The lowest BCUT2D eigenvalue weighted by Crippen LogP contribution is -2.72. The minimum absolute atomic E-state index is 0.359. The Hall–Kier alpha value is -0.160. The summed E-state index contributed by atoms with van der Waals surface area (Å²) in [6, 6.07) is 1.57. The van der Waals surface area contributed by atoms with Gasteiger partial charge in [-0.05, 0) is 59.2 Å². The van der Waals surface area contributed by atoms with Gasteiger partial charge in [-0.1, -0.05) is 6.92 Å². The largest absolute Gasteiger partial charge is 0.308 e. The van der Waals surface area contributed by atoms with Crippen LogP contribution in [0.1, 0.15) is 45.4 Å². The summed E-state index contributed by atoms with van der Waals surface area (Å²) in [4.78, 5) is 8.12. The van der Waals surface area contributed by atoms with E-state index in [1.165, 1.54) is 71.2 Å². The summed E-state index contributed by atoms with van der Waals surface area (Å²) in [5, 5.41) is 4.12. The highest BCUT2D eigenvalue weighted by Gasteiger charge is 2.58. The maximum atomic E-state index is 4.12. The van der Waals surface area contributed by atoms with Gasteiger partial charge in [-0.3, -0.25) is 9.80 Å². The Morgan fingerprint density at radius 3 is 2.50 bits per heavy atom. The molecule has 0 aliphatic carbocycles. The van der Waals surface area contributed by atoms with E-state index in [1.807, 2.05) is 0 Å². The van der Waals surface area contributed by atoms with Crippen LogP contribution >= 0.6 is 0 Å². The van der Waals surface area contributed by atoms with Gasteiger partial charge >= 0.3 is 0 Å². The third-order valence-electron chi connectivity index (χ3n) is 7.83. The zero-order valence-corrected chi connectivity index (χ0v) is 14.8. The molecular weight excluding hydrogens is 272 g/mol. The minimum atomic E-state index is 0.359. The molecule has 6 heterocycles. The number of fused-ring (bicyclic) bond motifs is 8. The molecule has 4 heteroatoms. The van der Waals surface area contributed by atoms with Gasteiger partial charge in [0.05, 0.1) is 0 Å². The first-order chi connectivity index (χ1) is 10.6. The fraction of sp³-hybridized carbons (Fsp3) is 1.00. The van der Waals surface area contributed by atoms with Crippen molar-refractivity contribution in [1.29, 1.82) is 0 Å². The fourth-order valence-corrected chi connectivity index (χ4v) is 6.25. The van der Waals surface area contributed by atoms with E-state index in [4.69, 9.17) is 0 Å². The molecule has 0 saturated carbocycles. The summed E-state index contributed by atoms with van der Waals surface area (Å²) in [6.07, 6.45) is 8.26. The van der Waals surface area contributed by atoms with Crippen LogP contribution in [-0.2, 0) is 0 Å². The summed E-state index contributed by atoms with van der Waals surface area (Å²) in [6.45, 7) is 8.60. The highest BCUT2D eigenvalue weighted by Crippen LogP contribution is 2.49. The van der Waals surface area contributed by atoms with Crippen molar-refractivity contribution in [2.24, 2.45) is 0 Å². The Morgan fingerprint density at radius 2 is 1.82 bits per heavy atom. The molecule has 6 aliphatic rings. The van der Waals surface area contributed by atoms with Crippen LogP contribution in [0.3, 0.4) is 0 Å². The normalized spacial score (nSPS) is 47.6. The molecule has 6 rings (SSSR count). The highest BCUT2D eigenvalue weighted by molar-refractivity contribution is 5.18. The molecule has 6 fully saturated rings. The van der Waals surface area contributed by atoms with Crippen LogP contribution in [0.4, 0.5) is 0 Å².